The zero-order valence-corrected chi connectivity index (χ0v) is 13.0. The molecule has 1 saturated heterocycles. The molecule has 0 N–H and O–H groups in total. The molecule has 0 saturated carbocycles. The van der Waals surface area contributed by atoms with Crippen molar-refractivity contribution in [3.63, 3.8) is 0 Å². The number of hydrogen-bond acceptors (Lipinski definition) is 5. The van der Waals surface area contributed by atoms with Crippen molar-refractivity contribution in [1.29, 1.82) is 0 Å². The van der Waals surface area contributed by atoms with E-state index < -0.39 is 0 Å². The molecule has 0 atom stereocenters. The molecule has 1 fully saturated rings. The number of amides is 1. The number of anilines is 1. The molecule has 1 aliphatic heterocycles. The highest BCUT2D eigenvalue weighted by Crippen LogP contribution is 2.36. The summed E-state index contributed by atoms with van der Waals surface area (Å²) >= 11 is 8.26. The third-order valence-electron chi connectivity index (χ3n) is 2.86. The van der Waals surface area contributed by atoms with Crippen molar-refractivity contribution in [2.24, 2.45) is 0 Å². The van der Waals surface area contributed by atoms with Crippen LogP contribution in [-0.2, 0) is 4.79 Å². The van der Waals surface area contributed by atoms with Crippen molar-refractivity contribution >= 4 is 57.3 Å². The van der Waals surface area contributed by atoms with Gasteiger partial charge >= 0.3 is 0 Å². The highest BCUT2D eigenvalue weighted by molar-refractivity contribution is 8.27. The normalized spacial score (nSPS) is 17.2. The molecule has 0 spiro atoms. The number of hydrogen-bond donors (Lipinski definition) is 0. The van der Waals surface area contributed by atoms with Gasteiger partial charge in [-0.2, -0.15) is 0 Å². The Bertz CT molecular complexity index is 706. The number of thioether (sulfide) groups is 1. The Labute approximate surface area is 130 Å². The second-order valence-corrected chi connectivity index (χ2v) is 6.82. The largest absolute Gasteiger partial charge is 0.270 e. The highest BCUT2D eigenvalue weighted by Gasteiger charge is 2.33. The van der Waals surface area contributed by atoms with Crippen molar-refractivity contribution in [2.75, 3.05) is 4.90 Å². The maximum Gasteiger partial charge on any atom is 0.270 e. The van der Waals surface area contributed by atoms with E-state index in [4.69, 9.17) is 12.2 Å². The zero-order chi connectivity index (χ0) is 14.1. The van der Waals surface area contributed by atoms with Gasteiger partial charge in [-0.05, 0) is 42.1 Å². The molecule has 1 aliphatic rings. The van der Waals surface area contributed by atoms with Crippen molar-refractivity contribution in [3.05, 3.63) is 51.3 Å². The van der Waals surface area contributed by atoms with E-state index in [9.17, 15) is 4.79 Å². The minimum atomic E-state index is -0.0826. The van der Waals surface area contributed by atoms with Crippen LogP contribution in [0.4, 0.5) is 5.69 Å². The Balaban J connectivity index is 1.95. The van der Waals surface area contributed by atoms with E-state index in [0.717, 1.165) is 4.88 Å². The molecule has 0 bridgehead atoms. The van der Waals surface area contributed by atoms with Crippen LogP contribution < -0.4 is 4.90 Å². The summed E-state index contributed by atoms with van der Waals surface area (Å²) in [6.07, 6.45) is 5.23. The summed E-state index contributed by atoms with van der Waals surface area (Å²) in [4.78, 5) is 19.8. The molecule has 0 unspecified atom stereocenters. The quantitative estimate of drug-likeness (QED) is 0.622. The lowest BCUT2D eigenvalue weighted by Crippen LogP contribution is -2.27. The van der Waals surface area contributed by atoms with E-state index in [1.807, 2.05) is 30.5 Å². The van der Waals surface area contributed by atoms with Gasteiger partial charge in [-0.1, -0.05) is 24.0 Å². The SMILES string of the molecule is Cc1ccsc1/C=C1\SC(=S)N(c2cccnc2)C1=O. The molecule has 1 amide bonds. The van der Waals surface area contributed by atoms with Gasteiger partial charge in [0.15, 0.2) is 4.32 Å². The van der Waals surface area contributed by atoms with Crippen molar-refractivity contribution < 1.29 is 4.79 Å². The maximum atomic E-state index is 12.5. The first-order chi connectivity index (χ1) is 9.66. The van der Waals surface area contributed by atoms with Gasteiger partial charge in [-0.3, -0.25) is 14.7 Å². The number of pyridine rings is 1. The summed E-state index contributed by atoms with van der Waals surface area (Å²) in [6, 6.07) is 5.66. The van der Waals surface area contributed by atoms with Gasteiger partial charge in [0.1, 0.15) is 0 Å². The third kappa shape index (κ3) is 2.42. The summed E-state index contributed by atoms with van der Waals surface area (Å²) in [5.74, 6) is -0.0826. The molecule has 3 heterocycles. The molecule has 3 nitrogen and oxygen atoms in total. The van der Waals surface area contributed by atoms with Gasteiger partial charge in [-0.25, -0.2) is 0 Å². The number of nitrogens with zero attached hydrogens (tertiary/aromatic N) is 2. The fourth-order valence-corrected chi connectivity index (χ4v) is 4.04. The molecule has 0 radical (unpaired) electrons. The number of carbonyl (C=O) groups is 1. The predicted octanol–water partition coefficient (Wildman–Crippen LogP) is 3.86. The van der Waals surface area contributed by atoms with Crippen LogP contribution >= 0.6 is 35.3 Å². The minimum Gasteiger partial charge on any atom is -0.268 e. The molecule has 100 valence electrons. The maximum absolute atomic E-state index is 12.5. The first kappa shape index (κ1) is 13.5. The predicted molar refractivity (Wildman–Crippen MR) is 88.9 cm³/mol. The lowest BCUT2D eigenvalue weighted by Gasteiger charge is -2.13. The zero-order valence-electron chi connectivity index (χ0n) is 10.6. The fraction of sp³-hybridized carbons (Fsp3) is 0.0714. The van der Waals surface area contributed by atoms with E-state index in [1.165, 1.54) is 22.2 Å². The second-order valence-electron chi connectivity index (χ2n) is 4.20. The van der Waals surface area contributed by atoms with Crippen LogP contribution in [0.2, 0.25) is 0 Å². The van der Waals surface area contributed by atoms with Crippen LogP contribution in [0.5, 0.6) is 0 Å². The summed E-state index contributed by atoms with van der Waals surface area (Å²) < 4.78 is 0.545. The van der Waals surface area contributed by atoms with Crippen LogP contribution in [0.3, 0.4) is 0 Å². The third-order valence-corrected chi connectivity index (χ3v) is 5.13. The first-order valence-electron chi connectivity index (χ1n) is 5.89. The van der Waals surface area contributed by atoms with Crippen molar-refractivity contribution in [2.45, 2.75) is 6.92 Å². The van der Waals surface area contributed by atoms with Gasteiger partial charge in [0, 0.05) is 11.1 Å². The number of carbonyl (C=O) groups excluding carboxylic acids is 1. The van der Waals surface area contributed by atoms with Crippen LogP contribution in [0.25, 0.3) is 6.08 Å². The molecule has 0 aromatic carbocycles. The lowest BCUT2D eigenvalue weighted by molar-refractivity contribution is -0.113. The average Bonchev–Trinajstić information content (AvgIpc) is 2.96. The molecular weight excluding hydrogens is 308 g/mol. The molecule has 0 aliphatic carbocycles. The standard InChI is InChI=1S/C14H10N2OS3/c1-9-4-6-19-11(9)7-12-13(17)16(14(18)20-12)10-3-2-5-15-8-10/h2-8H,1H3/b12-7-. The first-order valence-corrected chi connectivity index (χ1v) is 7.99. The van der Waals surface area contributed by atoms with Crippen LogP contribution in [0.15, 0.2) is 40.9 Å². The number of thiocarbonyl (C=S) groups is 1. The summed E-state index contributed by atoms with van der Waals surface area (Å²) in [5.41, 5.74) is 1.88. The van der Waals surface area contributed by atoms with E-state index in [0.29, 0.717) is 14.9 Å². The van der Waals surface area contributed by atoms with Gasteiger partial charge in [0.05, 0.1) is 16.8 Å². The van der Waals surface area contributed by atoms with Crippen molar-refractivity contribution in [1.82, 2.24) is 4.98 Å². The Morgan fingerprint density at radius 2 is 2.25 bits per heavy atom. The molecule has 2 aromatic rings. The van der Waals surface area contributed by atoms with Gasteiger partial charge < -0.3 is 0 Å². The number of aromatic nitrogens is 1. The minimum absolute atomic E-state index is 0.0826. The van der Waals surface area contributed by atoms with Crippen LogP contribution in [0.1, 0.15) is 10.4 Å². The van der Waals surface area contributed by atoms with E-state index in [-0.39, 0.29) is 5.91 Å². The fourth-order valence-electron chi connectivity index (χ4n) is 1.83. The van der Waals surface area contributed by atoms with Gasteiger partial charge in [0.2, 0.25) is 0 Å². The van der Waals surface area contributed by atoms with Crippen LogP contribution in [-0.4, -0.2) is 15.2 Å². The lowest BCUT2D eigenvalue weighted by atomic mass is 10.2. The molecule has 6 heteroatoms. The second kappa shape index (κ2) is 5.47. The van der Waals surface area contributed by atoms with E-state index in [2.05, 4.69) is 4.98 Å². The molecular formula is C14H10N2OS3. The Kier molecular flexibility index (Phi) is 3.69. The Morgan fingerprint density at radius 3 is 2.90 bits per heavy atom. The highest BCUT2D eigenvalue weighted by atomic mass is 32.2. The number of thiophene rings is 1. The monoisotopic (exact) mass is 318 g/mol. The van der Waals surface area contributed by atoms with Crippen molar-refractivity contribution in [3.8, 4) is 0 Å². The Hall–Kier alpha value is -1.50. The molecule has 20 heavy (non-hydrogen) atoms. The number of rotatable bonds is 2. The topological polar surface area (TPSA) is 33.2 Å². The number of aryl methyl sites for hydroxylation is 1. The summed E-state index contributed by atoms with van der Waals surface area (Å²) in [6.45, 7) is 2.03. The summed E-state index contributed by atoms with van der Waals surface area (Å²) in [7, 11) is 0. The van der Waals surface area contributed by atoms with E-state index in [1.54, 1.807) is 29.8 Å². The Morgan fingerprint density at radius 1 is 1.40 bits per heavy atom. The summed E-state index contributed by atoms with van der Waals surface area (Å²) in [5, 5.41) is 2.02. The van der Waals surface area contributed by atoms with Crippen LogP contribution in [0, 0.1) is 6.92 Å². The van der Waals surface area contributed by atoms with E-state index >= 15 is 0 Å². The van der Waals surface area contributed by atoms with Gasteiger partial charge in [0.25, 0.3) is 5.91 Å². The molecule has 3 rings (SSSR count). The van der Waals surface area contributed by atoms with Gasteiger partial charge in [-0.15, -0.1) is 11.3 Å². The average molecular weight is 318 g/mol. The molecule has 2 aromatic heterocycles. The smallest absolute Gasteiger partial charge is 0.268 e.